The average Bonchev–Trinajstić information content (AvgIpc) is 2.56. The third-order valence-corrected chi connectivity index (χ3v) is 3.01. The summed E-state index contributed by atoms with van der Waals surface area (Å²) in [6, 6.07) is 0. The van der Waals surface area contributed by atoms with Crippen molar-refractivity contribution in [2.75, 3.05) is 0 Å². The van der Waals surface area contributed by atoms with Crippen LogP contribution in [0.2, 0.25) is 0 Å². The van der Waals surface area contributed by atoms with Gasteiger partial charge in [-0.05, 0) is 43.8 Å². The molecule has 3 nitrogen and oxygen atoms in total. The van der Waals surface area contributed by atoms with Crippen molar-refractivity contribution in [3.05, 3.63) is 36.2 Å². The van der Waals surface area contributed by atoms with E-state index in [-0.39, 0.29) is 6.17 Å². The van der Waals surface area contributed by atoms with E-state index in [1.54, 1.807) is 0 Å². The van der Waals surface area contributed by atoms with Gasteiger partial charge in [-0.2, -0.15) is 0 Å². The highest BCUT2D eigenvalue weighted by Crippen LogP contribution is 2.22. The molecule has 1 heterocycles. The van der Waals surface area contributed by atoms with Gasteiger partial charge >= 0.3 is 0 Å². The van der Waals surface area contributed by atoms with Gasteiger partial charge in [0, 0.05) is 11.9 Å². The maximum absolute atomic E-state index is 5.58. The molecular formula is C14H25N3. The molecule has 1 unspecified atom stereocenters. The molecule has 1 atom stereocenters. The number of nitrogens with two attached hydrogens (primary N) is 2. The van der Waals surface area contributed by atoms with Crippen LogP contribution in [0.4, 0.5) is 0 Å². The molecule has 17 heavy (non-hydrogen) atoms. The standard InChI is InChI=1S/C14H25N3/c1-2-7-12(8-6-10-14(15)16)13-9-4-3-5-11-17-13/h3-5,9,11-12,14,17H,2,6-8,10,15-16H2,1H3. The first kappa shape index (κ1) is 14.0. The molecule has 1 aliphatic heterocycles. The minimum Gasteiger partial charge on any atom is -0.365 e. The van der Waals surface area contributed by atoms with Crippen LogP contribution in [0.15, 0.2) is 36.2 Å². The topological polar surface area (TPSA) is 64.1 Å². The summed E-state index contributed by atoms with van der Waals surface area (Å²) in [5.74, 6) is 0.589. The zero-order chi connectivity index (χ0) is 12.5. The molecule has 0 aromatic carbocycles. The summed E-state index contributed by atoms with van der Waals surface area (Å²) < 4.78 is 0. The van der Waals surface area contributed by atoms with Crippen molar-refractivity contribution in [1.29, 1.82) is 0 Å². The van der Waals surface area contributed by atoms with Gasteiger partial charge in [0.25, 0.3) is 0 Å². The summed E-state index contributed by atoms with van der Waals surface area (Å²) in [5, 5.41) is 3.36. The number of rotatable bonds is 7. The summed E-state index contributed by atoms with van der Waals surface area (Å²) in [7, 11) is 0. The van der Waals surface area contributed by atoms with E-state index in [0.29, 0.717) is 5.92 Å². The Morgan fingerprint density at radius 3 is 2.65 bits per heavy atom. The minimum absolute atomic E-state index is 0.173. The molecule has 0 aliphatic carbocycles. The number of hydrogen-bond acceptors (Lipinski definition) is 3. The largest absolute Gasteiger partial charge is 0.365 e. The van der Waals surface area contributed by atoms with Gasteiger partial charge < -0.3 is 16.8 Å². The summed E-state index contributed by atoms with van der Waals surface area (Å²) >= 11 is 0. The molecule has 0 bridgehead atoms. The van der Waals surface area contributed by atoms with E-state index >= 15 is 0 Å². The molecule has 0 saturated carbocycles. The van der Waals surface area contributed by atoms with Crippen molar-refractivity contribution in [3.8, 4) is 0 Å². The van der Waals surface area contributed by atoms with Crippen molar-refractivity contribution in [2.24, 2.45) is 17.4 Å². The van der Waals surface area contributed by atoms with Crippen LogP contribution in [0.5, 0.6) is 0 Å². The smallest absolute Gasteiger partial charge is 0.0520 e. The summed E-state index contributed by atoms with van der Waals surface area (Å²) in [5.41, 5.74) is 12.5. The maximum atomic E-state index is 5.58. The number of allylic oxidation sites excluding steroid dienone is 5. The molecule has 0 radical (unpaired) electrons. The lowest BCUT2D eigenvalue weighted by Crippen LogP contribution is -2.30. The minimum atomic E-state index is -0.173. The molecule has 0 saturated heterocycles. The molecule has 0 spiro atoms. The summed E-state index contributed by atoms with van der Waals surface area (Å²) in [4.78, 5) is 0. The molecule has 3 heteroatoms. The van der Waals surface area contributed by atoms with Crippen LogP contribution < -0.4 is 16.8 Å². The van der Waals surface area contributed by atoms with Crippen molar-refractivity contribution < 1.29 is 0 Å². The van der Waals surface area contributed by atoms with Gasteiger partial charge in [-0.25, -0.2) is 0 Å². The Kier molecular flexibility index (Phi) is 6.67. The Balaban J connectivity index is 2.49. The molecule has 1 rings (SSSR count). The zero-order valence-corrected chi connectivity index (χ0v) is 10.7. The Bertz CT molecular complexity index is 290. The second-order valence-corrected chi connectivity index (χ2v) is 4.59. The first-order valence-corrected chi connectivity index (χ1v) is 6.55. The Hall–Kier alpha value is -1.06. The van der Waals surface area contributed by atoms with Gasteiger partial charge in [0.1, 0.15) is 0 Å². The predicted molar refractivity (Wildman–Crippen MR) is 73.9 cm³/mol. The van der Waals surface area contributed by atoms with Crippen LogP contribution in [0.25, 0.3) is 0 Å². The van der Waals surface area contributed by atoms with Crippen LogP contribution in [0, 0.1) is 5.92 Å². The molecule has 0 fully saturated rings. The lowest BCUT2D eigenvalue weighted by molar-refractivity contribution is 0.452. The fraction of sp³-hybridized carbons (Fsp3) is 0.571. The average molecular weight is 235 g/mol. The van der Waals surface area contributed by atoms with Crippen LogP contribution in [-0.4, -0.2) is 6.17 Å². The van der Waals surface area contributed by atoms with Gasteiger partial charge in [-0.1, -0.05) is 25.5 Å². The second kappa shape index (κ2) is 8.09. The first-order valence-electron chi connectivity index (χ1n) is 6.55. The van der Waals surface area contributed by atoms with Crippen LogP contribution in [0.1, 0.15) is 39.0 Å². The third-order valence-electron chi connectivity index (χ3n) is 3.01. The molecule has 0 aromatic rings. The van der Waals surface area contributed by atoms with Gasteiger partial charge in [0.05, 0.1) is 6.17 Å². The molecule has 96 valence electrons. The van der Waals surface area contributed by atoms with E-state index in [1.807, 2.05) is 18.4 Å². The van der Waals surface area contributed by atoms with Crippen LogP contribution in [-0.2, 0) is 0 Å². The Morgan fingerprint density at radius 2 is 1.94 bits per heavy atom. The van der Waals surface area contributed by atoms with Crippen LogP contribution in [0.3, 0.4) is 0 Å². The second-order valence-electron chi connectivity index (χ2n) is 4.59. The quantitative estimate of drug-likeness (QED) is 0.594. The van der Waals surface area contributed by atoms with E-state index in [9.17, 15) is 0 Å². The van der Waals surface area contributed by atoms with Gasteiger partial charge in [0.15, 0.2) is 0 Å². The lowest BCUT2D eigenvalue weighted by atomic mass is 9.93. The van der Waals surface area contributed by atoms with E-state index < -0.39 is 0 Å². The van der Waals surface area contributed by atoms with Gasteiger partial charge in [-0.3, -0.25) is 0 Å². The Morgan fingerprint density at radius 1 is 1.12 bits per heavy atom. The van der Waals surface area contributed by atoms with Crippen molar-refractivity contribution in [2.45, 2.75) is 45.2 Å². The molecule has 5 N–H and O–H groups in total. The lowest BCUT2D eigenvalue weighted by Gasteiger charge is -2.20. The van der Waals surface area contributed by atoms with Gasteiger partial charge in [-0.15, -0.1) is 0 Å². The first-order chi connectivity index (χ1) is 8.24. The molecule has 0 aromatic heterocycles. The van der Waals surface area contributed by atoms with Crippen LogP contribution >= 0.6 is 0 Å². The van der Waals surface area contributed by atoms with Gasteiger partial charge in [0.2, 0.25) is 0 Å². The molecule has 1 aliphatic rings. The van der Waals surface area contributed by atoms with E-state index in [0.717, 1.165) is 19.3 Å². The zero-order valence-electron chi connectivity index (χ0n) is 10.7. The fourth-order valence-corrected chi connectivity index (χ4v) is 2.13. The summed E-state index contributed by atoms with van der Waals surface area (Å²) in [6.45, 7) is 2.23. The predicted octanol–water partition coefficient (Wildman–Crippen LogP) is 2.37. The van der Waals surface area contributed by atoms with Crippen molar-refractivity contribution in [1.82, 2.24) is 5.32 Å². The fourth-order valence-electron chi connectivity index (χ4n) is 2.13. The summed E-state index contributed by atoms with van der Waals surface area (Å²) in [6.07, 6.45) is 15.7. The van der Waals surface area contributed by atoms with E-state index in [4.69, 9.17) is 11.5 Å². The van der Waals surface area contributed by atoms with Crippen molar-refractivity contribution >= 4 is 0 Å². The maximum Gasteiger partial charge on any atom is 0.0520 e. The highest BCUT2D eigenvalue weighted by molar-refractivity contribution is 5.22. The number of nitrogens with one attached hydrogen (secondary N) is 1. The highest BCUT2D eigenvalue weighted by atomic mass is 14.9. The molecular weight excluding hydrogens is 210 g/mol. The normalized spacial score (nSPS) is 16.6. The van der Waals surface area contributed by atoms with E-state index in [1.165, 1.54) is 18.5 Å². The highest BCUT2D eigenvalue weighted by Gasteiger charge is 2.13. The van der Waals surface area contributed by atoms with E-state index in [2.05, 4.69) is 24.4 Å². The monoisotopic (exact) mass is 235 g/mol. The Labute approximate surface area is 105 Å². The SMILES string of the molecule is CCCC(CCCC(N)N)C1=CC=CC=CN1. The third kappa shape index (κ3) is 5.71. The van der Waals surface area contributed by atoms with Crippen molar-refractivity contribution in [3.63, 3.8) is 0 Å². The molecule has 0 amide bonds. The number of hydrogen-bond donors (Lipinski definition) is 3.